The zero-order valence-electron chi connectivity index (χ0n) is 13.2. The number of benzene rings is 1. The van der Waals surface area contributed by atoms with Crippen LogP contribution in [0.15, 0.2) is 24.3 Å². The number of carbonyl (C=O) groups is 2. The molecule has 0 bridgehead atoms. The first-order valence-corrected chi connectivity index (χ1v) is 8.11. The fraction of sp³-hybridized carbons (Fsp3) is 0.474. The van der Waals surface area contributed by atoms with E-state index in [2.05, 4.69) is 11.1 Å². The topological polar surface area (TPSA) is 49.9 Å². The van der Waals surface area contributed by atoms with Gasteiger partial charge in [-0.05, 0) is 36.3 Å². The van der Waals surface area contributed by atoms with E-state index in [1.54, 1.807) is 0 Å². The highest BCUT2D eigenvalue weighted by Gasteiger charge is 2.55. The maximum atomic E-state index is 13.0. The van der Waals surface area contributed by atoms with Gasteiger partial charge in [0.15, 0.2) is 11.6 Å². The second-order valence-electron chi connectivity index (χ2n) is 7.65. The molecular formula is C19H21NO2. The summed E-state index contributed by atoms with van der Waals surface area (Å²) in [5.74, 6) is 0.225. The summed E-state index contributed by atoms with van der Waals surface area (Å²) in [7, 11) is 0. The summed E-state index contributed by atoms with van der Waals surface area (Å²) in [6.07, 6.45) is 3.51. The van der Waals surface area contributed by atoms with Gasteiger partial charge in [0.25, 0.3) is 0 Å². The third-order valence-corrected chi connectivity index (χ3v) is 5.45. The number of aryl methyl sites for hydroxylation is 1. The maximum absolute atomic E-state index is 13.0. The van der Waals surface area contributed by atoms with Crippen molar-refractivity contribution in [3.63, 3.8) is 0 Å². The number of carbonyl (C=O) groups excluding carboxylic acids is 2. The average molecular weight is 295 g/mol. The molecule has 22 heavy (non-hydrogen) atoms. The Hall–Kier alpha value is -1.90. The van der Waals surface area contributed by atoms with Gasteiger partial charge in [-0.2, -0.15) is 0 Å². The van der Waals surface area contributed by atoms with Gasteiger partial charge in [-0.3, -0.25) is 9.59 Å². The van der Waals surface area contributed by atoms with E-state index in [0.29, 0.717) is 19.3 Å². The van der Waals surface area contributed by atoms with Gasteiger partial charge in [-0.25, -0.2) is 0 Å². The first-order chi connectivity index (χ1) is 10.4. The highest BCUT2D eigenvalue weighted by molar-refractivity contribution is 6.15. The molecule has 0 aliphatic heterocycles. The van der Waals surface area contributed by atoms with Crippen molar-refractivity contribution >= 4 is 22.5 Å². The number of hydrogen-bond acceptors (Lipinski definition) is 2. The minimum atomic E-state index is -0.901. The number of nitrogens with one attached hydrogen (secondary N) is 1. The van der Waals surface area contributed by atoms with E-state index in [-0.39, 0.29) is 17.0 Å². The van der Waals surface area contributed by atoms with Gasteiger partial charge in [0.2, 0.25) is 0 Å². The predicted molar refractivity (Wildman–Crippen MR) is 85.9 cm³/mol. The minimum Gasteiger partial charge on any atom is -0.357 e. The number of fused-ring (bicyclic) bond motifs is 4. The molecule has 3 nitrogen and oxygen atoms in total. The van der Waals surface area contributed by atoms with Crippen LogP contribution in [0.25, 0.3) is 10.9 Å². The van der Waals surface area contributed by atoms with Crippen molar-refractivity contribution < 1.29 is 9.59 Å². The number of para-hydroxylation sites is 1. The maximum Gasteiger partial charge on any atom is 0.152 e. The molecular weight excluding hydrogens is 274 g/mol. The van der Waals surface area contributed by atoms with Crippen molar-refractivity contribution in [2.24, 2.45) is 5.41 Å². The number of hydrogen-bond donors (Lipinski definition) is 1. The normalized spacial score (nSPS) is 23.0. The van der Waals surface area contributed by atoms with Crippen LogP contribution in [0.1, 0.15) is 50.8 Å². The molecule has 1 saturated carbocycles. The van der Waals surface area contributed by atoms with Gasteiger partial charge in [0, 0.05) is 29.4 Å². The lowest BCUT2D eigenvalue weighted by atomic mass is 9.58. The van der Waals surface area contributed by atoms with Gasteiger partial charge in [-0.1, -0.05) is 32.0 Å². The minimum absolute atomic E-state index is 0.112. The molecule has 1 N–H and O–H groups in total. The summed E-state index contributed by atoms with van der Waals surface area (Å²) in [4.78, 5) is 29.4. The Kier molecular flexibility index (Phi) is 2.69. The van der Waals surface area contributed by atoms with E-state index in [1.165, 1.54) is 10.9 Å². The Morgan fingerprint density at radius 1 is 1.05 bits per heavy atom. The van der Waals surface area contributed by atoms with Crippen LogP contribution in [-0.4, -0.2) is 16.6 Å². The number of rotatable bonds is 0. The number of Topliss-reactive ketones (excluding diaryl/α,β-unsaturated/α-hetero) is 2. The van der Waals surface area contributed by atoms with Crippen molar-refractivity contribution in [2.75, 3.05) is 0 Å². The summed E-state index contributed by atoms with van der Waals surface area (Å²) in [5.41, 5.74) is 2.01. The Morgan fingerprint density at radius 2 is 1.73 bits per heavy atom. The number of aromatic amines is 1. The standard InChI is InChI=1S/C19H21NO2/c1-18(2)10-15(21)19(16(22)11-18)9-5-7-13-12-6-3-4-8-14(12)20-17(13)19/h3-4,6,8,20H,5,7,9-11H2,1-2H3. The first kappa shape index (κ1) is 13.7. The third-order valence-electron chi connectivity index (χ3n) is 5.45. The van der Waals surface area contributed by atoms with E-state index in [0.717, 1.165) is 24.1 Å². The largest absolute Gasteiger partial charge is 0.357 e. The lowest BCUT2D eigenvalue weighted by molar-refractivity contribution is -0.143. The Balaban J connectivity index is 1.95. The number of aromatic nitrogens is 1. The predicted octanol–water partition coefficient (Wildman–Crippen LogP) is 3.70. The number of ketones is 2. The molecule has 0 unspecified atom stereocenters. The Labute approximate surface area is 130 Å². The molecule has 0 saturated heterocycles. The molecule has 1 fully saturated rings. The molecule has 2 aromatic rings. The summed E-state index contributed by atoms with van der Waals surface area (Å²) in [5, 5.41) is 1.17. The van der Waals surface area contributed by atoms with Gasteiger partial charge in [-0.15, -0.1) is 0 Å². The fourth-order valence-corrected chi connectivity index (χ4v) is 4.43. The second-order valence-corrected chi connectivity index (χ2v) is 7.65. The average Bonchev–Trinajstić information content (AvgIpc) is 2.83. The molecule has 1 aromatic heterocycles. The molecule has 1 spiro atoms. The molecule has 1 aromatic carbocycles. The summed E-state index contributed by atoms with van der Waals surface area (Å²) in [6.45, 7) is 4.04. The van der Waals surface area contributed by atoms with Gasteiger partial charge in [0.1, 0.15) is 5.41 Å². The van der Waals surface area contributed by atoms with Crippen molar-refractivity contribution in [1.82, 2.24) is 4.98 Å². The van der Waals surface area contributed by atoms with Crippen LogP contribution in [0.5, 0.6) is 0 Å². The van der Waals surface area contributed by atoms with Gasteiger partial charge < -0.3 is 4.98 Å². The lowest BCUT2D eigenvalue weighted by Gasteiger charge is -2.42. The molecule has 1 heterocycles. The van der Waals surface area contributed by atoms with Crippen LogP contribution in [0.2, 0.25) is 0 Å². The molecule has 0 atom stereocenters. The molecule has 0 radical (unpaired) electrons. The van der Waals surface area contributed by atoms with Crippen LogP contribution in [-0.2, 0) is 21.4 Å². The Bertz CT molecular complexity index is 777. The third kappa shape index (κ3) is 1.68. The molecule has 0 amide bonds. The van der Waals surface area contributed by atoms with Crippen molar-refractivity contribution in [3.8, 4) is 0 Å². The smallest absolute Gasteiger partial charge is 0.152 e. The molecule has 114 valence electrons. The quantitative estimate of drug-likeness (QED) is 0.753. The van der Waals surface area contributed by atoms with Crippen LogP contribution in [0.3, 0.4) is 0 Å². The highest BCUT2D eigenvalue weighted by Crippen LogP contribution is 2.48. The first-order valence-electron chi connectivity index (χ1n) is 8.11. The lowest BCUT2D eigenvalue weighted by Crippen LogP contribution is -2.52. The van der Waals surface area contributed by atoms with Crippen molar-refractivity contribution in [2.45, 2.75) is 51.4 Å². The molecule has 2 aliphatic rings. The van der Waals surface area contributed by atoms with Gasteiger partial charge >= 0.3 is 0 Å². The van der Waals surface area contributed by atoms with E-state index >= 15 is 0 Å². The van der Waals surface area contributed by atoms with Crippen LogP contribution < -0.4 is 0 Å². The SMILES string of the molecule is CC1(C)CC(=O)C2(CCCc3c2[nH]c2ccccc32)C(=O)C1. The van der Waals surface area contributed by atoms with E-state index < -0.39 is 5.41 Å². The van der Waals surface area contributed by atoms with Crippen molar-refractivity contribution in [1.29, 1.82) is 0 Å². The molecule has 4 rings (SSSR count). The van der Waals surface area contributed by atoms with E-state index in [1.807, 2.05) is 32.0 Å². The monoisotopic (exact) mass is 295 g/mol. The van der Waals surface area contributed by atoms with E-state index in [4.69, 9.17) is 0 Å². The zero-order chi connectivity index (χ0) is 15.5. The summed E-state index contributed by atoms with van der Waals surface area (Å²) >= 11 is 0. The van der Waals surface area contributed by atoms with Crippen LogP contribution in [0, 0.1) is 5.41 Å². The molecule has 2 aliphatic carbocycles. The fourth-order valence-electron chi connectivity index (χ4n) is 4.43. The van der Waals surface area contributed by atoms with Crippen LogP contribution in [0.4, 0.5) is 0 Å². The highest BCUT2D eigenvalue weighted by atomic mass is 16.2. The van der Waals surface area contributed by atoms with E-state index in [9.17, 15) is 9.59 Å². The zero-order valence-corrected chi connectivity index (χ0v) is 13.2. The Morgan fingerprint density at radius 3 is 2.45 bits per heavy atom. The number of H-pyrrole nitrogens is 1. The second kappa shape index (κ2) is 4.31. The summed E-state index contributed by atoms with van der Waals surface area (Å²) < 4.78 is 0. The van der Waals surface area contributed by atoms with Gasteiger partial charge in [0.05, 0.1) is 0 Å². The van der Waals surface area contributed by atoms with Crippen LogP contribution >= 0.6 is 0 Å². The summed E-state index contributed by atoms with van der Waals surface area (Å²) in [6, 6.07) is 8.13. The molecule has 3 heteroatoms. The van der Waals surface area contributed by atoms with Crippen molar-refractivity contribution in [3.05, 3.63) is 35.5 Å².